The Morgan fingerprint density at radius 2 is 2.20 bits per heavy atom. The van der Waals surface area contributed by atoms with Gasteiger partial charge in [-0.1, -0.05) is 5.16 Å². The van der Waals surface area contributed by atoms with Gasteiger partial charge in [-0.2, -0.15) is 0 Å². The molecule has 0 atom stereocenters. The van der Waals surface area contributed by atoms with Crippen LogP contribution in [0.15, 0.2) is 16.9 Å². The predicted molar refractivity (Wildman–Crippen MR) is 74.3 cm³/mol. The molecule has 0 saturated heterocycles. The van der Waals surface area contributed by atoms with Crippen LogP contribution in [-0.2, 0) is 25.9 Å². The summed E-state index contributed by atoms with van der Waals surface area (Å²) in [7, 11) is 0. The first kappa shape index (κ1) is 12.1. The zero-order valence-corrected chi connectivity index (χ0v) is 11.6. The van der Waals surface area contributed by atoms with Crippen molar-refractivity contribution in [3.05, 3.63) is 35.2 Å². The van der Waals surface area contributed by atoms with E-state index >= 15 is 0 Å². The Morgan fingerprint density at radius 1 is 1.30 bits per heavy atom. The highest BCUT2D eigenvalue weighted by molar-refractivity contribution is 5.18. The molecular formula is C15H20N4O. The largest absolute Gasteiger partial charge is 0.359 e. The third-order valence-corrected chi connectivity index (χ3v) is 4.19. The van der Waals surface area contributed by atoms with E-state index in [0.29, 0.717) is 6.04 Å². The van der Waals surface area contributed by atoms with Gasteiger partial charge in [-0.05, 0) is 38.5 Å². The van der Waals surface area contributed by atoms with E-state index in [1.807, 2.05) is 6.33 Å². The Hall–Kier alpha value is -1.62. The van der Waals surface area contributed by atoms with Crippen LogP contribution in [0, 0.1) is 0 Å². The summed E-state index contributed by atoms with van der Waals surface area (Å²) in [5.74, 6) is 0.920. The molecule has 2 aliphatic rings. The molecule has 1 N–H and O–H groups in total. The van der Waals surface area contributed by atoms with E-state index in [9.17, 15) is 0 Å². The van der Waals surface area contributed by atoms with Gasteiger partial charge in [0.15, 0.2) is 5.76 Å². The normalized spacial score (nSPS) is 18.2. The highest BCUT2D eigenvalue weighted by Gasteiger charge is 2.21. The first-order valence-electron chi connectivity index (χ1n) is 7.59. The second kappa shape index (κ2) is 5.05. The third-order valence-electron chi connectivity index (χ3n) is 4.19. The molecule has 4 rings (SSSR count). The molecule has 2 aromatic heterocycles. The maximum Gasteiger partial charge on any atom is 0.156 e. The third kappa shape index (κ3) is 2.50. The molecule has 1 saturated carbocycles. The lowest BCUT2D eigenvalue weighted by molar-refractivity contribution is 0.367. The quantitative estimate of drug-likeness (QED) is 0.905. The van der Waals surface area contributed by atoms with Gasteiger partial charge in [0.25, 0.3) is 0 Å². The number of aromatic nitrogens is 3. The van der Waals surface area contributed by atoms with Crippen molar-refractivity contribution in [1.82, 2.24) is 20.0 Å². The van der Waals surface area contributed by atoms with Crippen LogP contribution in [0.3, 0.4) is 0 Å². The summed E-state index contributed by atoms with van der Waals surface area (Å²) in [5.41, 5.74) is 3.65. The number of aryl methyl sites for hydroxylation is 1. The summed E-state index contributed by atoms with van der Waals surface area (Å²) in [5, 5.41) is 7.59. The minimum Gasteiger partial charge on any atom is -0.359 e. The van der Waals surface area contributed by atoms with Crippen molar-refractivity contribution in [2.75, 3.05) is 0 Å². The van der Waals surface area contributed by atoms with E-state index < -0.39 is 0 Å². The van der Waals surface area contributed by atoms with Gasteiger partial charge in [0.05, 0.1) is 24.3 Å². The number of hydrogen-bond donors (Lipinski definition) is 1. The van der Waals surface area contributed by atoms with E-state index in [4.69, 9.17) is 4.52 Å². The van der Waals surface area contributed by atoms with Gasteiger partial charge in [0, 0.05) is 24.3 Å². The molecule has 5 nitrogen and oxygen atoms in total. The Labute approximate surface area is 118 Å². The van der Waals surface area contributed by atoms with Crippen LogP contribution >= 0.6 is 0 Å². The minimum absolute atomic E-state index is 0.704. The number of hydrogen-bond acceptors (Lipinski definition) is 4. The van der Waals surface area contributed by atoms with Crippen molar-refractivity contribution in [3.63, 3.8) is 0 Å². The van der Waals surface area contributed by atoms with E-state index in [1.165, 1.54) is 37.1 Å². The van der Waals surface area contributed by atoms with Crippen molar-refractivity contribution in [1.29, 1.82) is 0 Å². The van der Waals surface area contributed by atoms with Crippen LogP contribution in [0.25, 0.3) is 0 Å². The van der Waals surface area contributed by atoms with Crippen LogP contribution in [0.1, 0.15) is 48.5 Å². The molecule has 0 amide bonds. The molecule has 5 heteroatoms. The fourth-order valence-electron chi connectivity index (χ4n) is 2.89. The molecule has 0 bridgehead atoms. The molecule has 0 spiro atoms. The topological polar surface area (TPSA) is 55.9 Å². The Bertz CT molecular complexity index is 597. The highest BCUT2D eigenvalue weighted by atomic mass is 16.5. The van der Waals surface area contributed by atoms with Crippen LogP contribution < -0.4 is 5.32 Å². The molecule has 0 aromatic carbocycles. The van der Waals surface area contributed by atoms with Crippen LogP contribution in [0.5, 0.6) is 0 Å². The van der Waals surface area contributed by atoms with Gasteiger partial charge in [0.2, 0.25) is 0 Å². The summed E-state index contributed by atoms with van der Waals surface area (Å²) >= 11 is 0. The molecule has 1 fully saturated rings. The molecular weight excluding hydrogens is 252 g/mol. The SMILES string of the molecule is c1c(CNC2CC2)noc1Cn1cnc2c1CCCC2. The van der Waals surface area contributed by atoms with E-state index in [0.717, 1.165) is 37.4 Å². The van der Waals surface area contributed by atoms with Gasteiger partial charge in [0.1, 0.15) is 0 Å². The number of rotatable bonds is 5. The molecule has 2 aromatic rings. The number of imidazole rings is 1. The average molecular weight is 272 g/mol. The average Bonchev–Trinajstić information content (AvgIpc) is 3.06. The zero-order valence-electron chi connectivity index (χ0n) is 11.6. The summed E-state index contributed by atoms with van der Waals surface area (Å²) in [4.78, 5) is 4.52. The van der Waals surface area contributed by atoms with Gasteiger partial charge in [-0.3, -0.25) is 0 Å². The molecule has 106 valence electrons. The van der Waals surface area contributed by atoms with Gasteiger partial charge >= 0.3 is 0 Å². The maximum atomic E-state index is 5.44. The summed E-state index contributed by atoms with van der Waals surface area (Å²) in [6.45, 7) is 1.56. The monoisotopic (exact) mass is 272 g/mol. The van der Waals surface area contributed by atoms with Gasteiger partial charge < -0.3 is 14.4 Å². The Balaban J connectivity index is 1.44. The molecule has 20 heavy (non-hydrogen) atoms. The lowest BCUT2D eigenvalue weighted by atomic mass is 10.0. The molecule has 2 heterocycles. The fraction of sp³-hybridized carbons (Fsp3) is 0.600. The molecule has 2 aliphatic carbocycles. The Kier molecular flexibility index (Phi) is 3.07. The lowest BCUT2D eigenvalue weighted by Gasteiger charge is -2.12. The van der Waals surface area contributed by atoms with Gasteiger partial charge in [-0.15, -0.1) is 0 Å². The first-order valence-corrected chi connectivity index (χ1v) is 7.59. The van der Waals surface area contributed by atoms with Gasteiger partial charge in [-0.25, -0.2) is 4.98 Å². The summed E-state index contributed by atoms with van der Waals surface area (Å²) in [6.07, 6.45) is 9.34. The Morgan fingerprint density at radius 3 is 3.10 bits per heavy atom. The summed E-state index contributed by atoms with van der Waals surface area (Å²) < 4.78 is 7.66. The fourth-order valence-corrected chi connectivity index (χ4v) is 2.89. The van der Waals surface area contributed by atoms with Crippen molar-refractivity contribution >= 4 is 0 Å². The van der Waals surface area contributed by atoms with Crippen molar-refractivity contribution < 1.29 is 4.52 Å². The van der Waals surface area contributed by atoms with Crippen molar-refractivity contribution in [3.8, 4) is 0 Å². The van der Waals surface area contributed by atoms with Crippen molar-refractivity contribution in [2.24, 2.45) is 0 Å². The van der Waals surface area contributed by atoms with Crippen LogP contribution in [0.4, 0.5) is 0 Å². The second-order valence-electron chi connectivity index (χ2n) is 5.91. The second-order valence-corrected chi connectivity index (χ2v) is 5.91. The molecule has 0 aliphatic heterocycles. The number of fused-ring (bicyclic) bond motifs is 1. The van der Waals surface area contributed by atoms with Crippen LogP contribution in [-0.4, -0.2) is 20.7 Å². The van der Waals surface area contributed by atoms with E-state index in [1.54, 1.807) is 0 Å². The summed E-state index contributed by atoms with van der Waals surface area (Å²) in [6, 6.07) is 2.76. The van der Waals surface area contributed by atoms with E-state index in [-0.39, 0.29) is 0 Å². The minimum atomic E-state index is 0.704. The van der Waals surface area contributed by atoms with E-state index in [2.05, 4.69) is 26.1 Å². The van der Waals surface area contributed by atoms with Crippen LogP contribution in [0.2, 0.25) is 0 Å². The van der Waals surface area contributed by atoms with Crippen molar-refractivity contribution in [2.45, 2.75) is 57.7 Å². The maximum absolute atomic E-state index is 5.44. The zero-order chi connectivity index (χ0) is 13.4. The molecule has 0 unspecified atom stereocenters. The molecule has 0 radical (unpaired) electrons. The first-order chi connectivity index (χ1) is 9.88. The number of nitrogens with zero attached hydrogens (tertiary/aromatic N) is 3. The predicted octanol–water partition coefficient (Wildman–Crippen LogP) is 2.05. The number of nitrogens with one attached hydrogen (secondary N) is 1. The highest BCUT2D eigenvalue weighted by Crippen LogP contribution is 2.21. The smallest absolute Gasteiger partial charge is 0.156 e. The lowest BCUT2D eigenvalue weighted by Crippen LogP contribution is -2.15. The standard InChI is InChI=1S/C15H20N4O/c1-2-4-15-14(3-1)17-10-19(15)9-13-7-12(18-20-13)8-16-11-5-6-11/h7,10-11,16H,1-6,8-9H2.